The Balaban J connectivity index is 2.01. The predicted molar refractivity (Wildman–Crippen MR) is 74.3 cm³/mol. The molecule has 1 aliphatic rings. The zero-order valence-corrected chi connectivity index (χ0v) is 11.4. The minimum absolute atomic E-state index is 0.106. The second-order valence-corrected chi connectivity index (χ2v) is 5.89. The van der Waals surface area contributed by atoms with Crippen LogP contribution in [0.4, 0.5) is 0 Å². The first-order valence-electron chi connectivity index (χ1n) is 6.24. The lowest BCUT2D eigenvalue weighted by molar-refractivity contribution is 0.102. The van der Waals surface area contributed by atoms with Crippen LogP contribution in [0.3, 0.4) is 0 Å². The van der Waals surface area contributed by atoms with Gasteiger partial charge >= 0.3 is 0 Å². The van der Waals surface area contributed by atoms with Gasteiger partial charge in [-0.3, -0.25) is 4.79 Å². The van der Waals surface area contributed by atoms with Gasteiger partial charge in [-0.15, -0.1) is 11.3 Å². The summed E-state index contributed by atoms with van der Waals surface area (Å²) in [4.78, 5) is 16.8. The van der Waals surface area contributed by atoms with E-state index >= 15 is 0 Å². The molecule has 1 saturated carbocycles. The van der Waals surface area contributed by atoms with Crippen LogP contribution in [0.2, 0.25) is 0 Å². The number of carbonyl (C=O) groups is 1. The molecule has 0 atom stereocenters. The first kappa shape index (κ1) is 11.6. The molecule has 0 unspecified atom stereocenters. The topological polar surface area (TPSA) is 30.0 Å². The molecule has 0 amide bonds. The van der Waals surface area contributed by atoms with Crippen LogP contribution in [-0.4, -0.2) is 10.8 Å². The fourth-order valence-corrected chi connectivity index (χ4v) is 3.15. The second kappa shape index (κ2) is 4.32. The Morgan fingerprint density at radius 3 is 2.78 bits per heavy atom. The smallest absolute Gasteiger partial charge is 0.171 e. The van der Waals surface area contributed by atoms with Crippen LogP contribution in [0.5, 0.6) is 0 Å². The summed E-state index contributed by atoms with van der Waals surface area (Å²) in [5.74, 6) is 0.855. The molecule has 0 N–H and O–H groups in total. The number of thiazole rings is 1. The highest BCUT2D eigenvalue weighted by atomic mass is 32.1. The van der Waals surface area contributed by atoms with Crippen molar-refractivity contribution in [1.29, 1.82) is 0 Å². The molecule has 0 saturated heterocycles. The van der Waals surface area contributed by atoms with Gasteiger partial charge < -0.3 is 0 Å². The molecule has 3 heteroatoms. The molecule has 0 spiro atoms. The lowest BCUT2D eigenvalue weighted by Crippen LogP contribution is -1.89. The SMILES string of the molecule is CC(=O)c1sc(-c2cccc(C3CC3)c2)nc1C. The Morgan fingerprint density at radius 1 is 1.39 bits per heavy atom. The molecule has 92 valence electrons. The van der Waals surface area contributed by atoms with Crippen molar-refractivity contribution in [3.63, 3.8) is 0 Å². The number of aromatic nitrogens is 1. The second-order valence-electron chi connectivity index (χ2n) is 4.89. The quantitative estimate of drug-likeness (QED) is 0.771. The van der Waals surface area contributed by atoms with E-state index in [1.807, 2.05) is 6.92 Å². The lowest BCUT2D eigenvalue weighted by Gasteiger charge is -2.00. The molecule has 2 aromatic rings. The maximum absolute atomic E-state index is 11.5. The van der Waals surface area contributed by atoms with E-state index in [2.05, 4.69) is 29.2 Å². The molecule has 18 heavy (non-hydrogen) atoms. The van der Waals surface area contributed by atoms with Gasteiger partial charge in [-0.05, 0) is 37.3 Å². The molecular formula is C15H15NOS. The number of Topliss-reactive ketones (excluding diaryl/α,β-unsaturated/α-hetero) is 1. The zero-order valence-electron chi connectivity index (χ0n) is 10.6. The molecule has 1 heterocycles. The minimum atomic E-state index is 0.106. The van der Waals surface area contributed by atoms with Gasteiger partial charge in [-0.1, -0.05) is 18.2 Å². The van der Waals surface area contributed by atoms with Gasteiger partial charge in [0, 0.05) is 12.5 Å². The molecule has 1 fully saturated rings. The average molecular weight is 257 g/mol. The van der Waals surface area contributed by atoms with Gasteiger partial charge in [0.1, 0.15) is 5.01 Å². The monoisotopic (exact) mass is 257 g/mol. The Morgan fingerprint density at radius 2 is 2.17 bits per heavy atom. The van der Waals surface area contributed by atoms with Crippen LogP contribution in [-0.2, 0) is 0 Å². The maximum atomic E-state index is 11.5. The van der Waals surface area contributed by atoms with Crippen molar-refractivity contribution in [3.8, 4) is 10.6 Å². The van der Waals surface area contributed by atoms with Gasteiger partial charge in [0.2, 0.25) is 0 Å². The maximum Gasteiger partial charge on any atom is 0.171 e. The van der Waals surface area contributed by atoms with Gasteiger partial charge in [-0.25, -0.2) is 4.98 Å². The first-order chi connectivity index (χ1) is 8.65. The summed E-state index contributed by atoms with van der Waals surface area (Å²) < 4.78 is 0. The van der Waals surface area contributed by atoms with E-state index in [9.17, 15) is 4.79 Å². The van der Waals surface area contributed by atoms with E-state index in [4.69, 9.17) is 0 Å². The van der Waals surface area contributed by atoms with E-state index in [0.29, 0.717) is 0 Å². The highest BCUT2D eigenvalue weighted by Crippen LogP contribution is 2.41. The summed E-state index contributed by atoms with van der Waals surface area (Å²) >= 11 is 1.50. The van der Waals surface area contributed by atoms with Gasteiger partial charge in [0.15, 0.2) is 5.78 Å². The molecule has 1 aromatic carbocycles. The highest BCUT2D eigenvalue weighted by molar-refractivity contribution is 7.17. The van der Waals surface area contributed by atoms with E-state index in [0.717, 1.165) is 27.1 Å². The number of nitrogens with zero attached hydrogens (tertiary/aromatic N) is 1. The van der Waals surface area contributed by atoms with Crippen molar-refractivity contribution in [1.82, 2.24) is 4.98 Å². The van der Waals surface area contributed by atoms with Crippen LogP contribution in [0, 0.1) is 6.92 Å². The van der Waals surface area contributed by atoms with Crippen LogP contribution in [0.1, 0.15) is 46.6 Å². The summed E-state index contributed by atoms with van der Waals surface area (Å²) in [7, 11) is 0. The minimum Gasteiger partial charge on any atom is -0.294 e. The van der Waals surface area contributed by atoms with Gasteiger partial charge in [0.05, 0.1) is 10.6 Å². The number of benzene rings is 1. The molecule has 0 aliphatic heterocycles. The van der Waals surface area contributed by atoms with Crippen molar-refractivity contribution < 1.29 is 4.79 Å². The summed E-state index contributed by atoms with van der Waals surface area (Å²) in [5, 5.41) is 0.959. The van der Waals surface area contributed by atoms with Crippen molar-refractivity contribution in [2.24, 2.45) is 0 Å². The Bertz CT molecular complexity index is 611. The largest absolute Gasteiger partial charge is 0.294 e. The third-order valence-corrected chi connectivity index (χ3v) is 4.61. The van der Waals surface area contributed by atoms with Crippen LogP contribution in [0.15, 0.2) is 24.3 Å². The van der Waals surface area contributed by atoms with Gasteiger partial charge in [0.25, 0.3) is 0 Å². The Labute approximate surface area is 111 Å². The molecule has 0 bridgehead atoms. The number of carbonyl (C=O) groups excluding carboxylic acids is 1. The Kier molecular flexibility index (Phi) is 2.78. The molecule has 1 aliphatic carbocycles. The highest BCUT2D eigenvalue weighted by Gasteiger charge is 2.23. The molecule has 0 radical (unpaired) electrons. The summed E-state index contributed by atoms with van der Waals surface area (Å²) in [5.41, 5.74) is 3.39. The predicted octanol–water partition coefficient (Wildman–Crippen LogP) is 4.20. The lowest BCUT2D eigenvalue weighted by atomic mass is 10.1. The molecule has 1 aromatic heterocycles. The third-order valence-electron chi connectivity index (χ3n) is 3.30. The molecule has 2 nitrogen and oxygen atoms in total. The molecule has 3 rings (SSSR count). The van der Waals surface area contributed by atoms with E-state index in [1.54, 1.807) is 6.92 Å². The summed E-state index contributed by atoms with van der Waals surface area (Å²) in [6, 6.07) is 8.58. The zero-order chi connectivity index (χ0) is 12.7. The van der Waals surface area contributed by atoms with Crippen LogP contribution in [0.25, 0.3) is 10.6 Å². The molecular weight excluding hydrogens is 242 g/mol. The summed E-state index contributed by atoms with van der Waals surface area (Å²) in [6.07, 6.45) is 2.61. The van der Waals surface area contributed by atoms with Gasteiger partial charge in [-0.2, -0.15) is 0 Å². The normalized spacial score (nSPS) is 14.8. The van der Waals surface area contributed by atoms with Crippen molar-refractivity contribution in [2.45, 2.75) is 32.6 Å². The van der Waals surface area contributed by atoms with Crippen molar-refractivity contribution in [2.75, 3.05) is 0 Å². The van der Waals surface area contributed by atoms with E-state index in [-0.39, 0.29) is 5.78 Å². The van der Waals surface area contributed by atoms with Crippen LogP contribution >= 0.6 is 11.3 Å². The first-order valence-corrected chi connectivity index (χ1v) is 7.05. The number of ketones is 1. The average Bonchev–Trinajstić information content (AvgIpc) is 3.12. The van der Waals surface area contributed by atoms with Crippen LogP contribution < -0.4 is 0 Å². The van der Waals surface area contributed by atoms with E-state index < -0.39 is 0 Å². The van der Waals surface area contributed by atoms with Crippen molar-refractivity contribution >= 4 is 17.1 Å². The summed E-state index contributed by atoms with van der Waals surface area (Å²) in [6.45, 7) is 3.51. The number of rotatable bonds is 3. The fourth-order valence-electron chi connectivity index (χ4n) is 2.19. The number of aryl methyl sites for hydroxylation is 1. The third kappa shape index (κ3) is 2.10. The number of hydrogen-bond acceptors (Lipinski definition) is 3. The number of hydrogen-bond donors (Lipinski definition) is 0. The Hall–Kier alpha value is -1.48. The van der Waals surface area contributed by atoms with Crippen molar-refractivity contribution in [3.05, 3.63) is 40.4 Å². The fraction of sp³-hybridized carbons (Fsp3) is 0.333. The van der Waals surface area contributed by atoms with E-state index in [1.165, 1.54) is 29.7 Å². The standard InChI is InChI=1S/C15H15NOS/c1-9-14(10(2)17)18-15(16-9)13-5-3-4-12(8-13)11-6-7-11/h3-5,8,11H,6-7H2,1-2H3.